The number of Topliss-reactive ketones (excluding diaryl/α,β-unsaturated/α-hetero) is 1. The van der Waals surface area contributed by atoms with Crippen LogP contribution in [0.1, 0.15) is 79.1 Å². The number of nitrogens with zero attached hydrogens (tertiary/aromatic N) is 2. The number of aliphatic carboxylic acids is 2. The number of methoxy groups -OCH3 is 1. The molecule has 5 aromatic carbocycles. The van der Waals surface area contributed by atoms with Crippen LogP contribution in [0.5, 0.6) is 11.5 Å². The van der Waals surface area contributed by atoms with Crippen molar-refractivity contribution in [2.45, 2.75) is 84.8 Å². The number of allylic oxidation sites excluding steroid dienone is 1. The molecule has 0 spiro atoms. The molecule has 328 valence electrons. The number of carbonyl (C=O) groups excluding carboxylic acids is 1. The molecule has 1 atom stereocenters. The number of rotatable bonds is 18. The fraction of sp³-hybridized carbons (Fsp3) is 0.286. The average Bonchev–Trinajstić information content (AvgIpc) is 3.39. The van der Waals surface area contributed by atoms with E-state index in [4.69, 9.17) is 4.74 Å². The maximum atomic E-state index is 15.6. The highest BCUT2D eigenvalue weighted by Crippen LogP contribution is 2.56. The zero-order valence-corrected chi connectivity index (χ0v) is 35.6. The van der Waals surface area contributed by atoms with Gasteiger partial charge in [0.1, 0.15) is 32.0 Å². The van der Waals surface area contributed by atoms with Crippen molar-refractivity contribution >= 4 is 78.3 Å². The minimum absolute atomic E-state index is 0.0205. The number of ketones is 1. The van der Waals surface area contributed by atoms with Crippen LogP contribution in [0.3, 0.4) is 0 Å². The summed E-state index contributed by atoms with van der Waals surface area (Å²) in [5.41, 5.74) is 2.78. The summed E-state index contributed by atoms with van der Waals surface area (Å²) < 4.78 is 9.74. The summed E-state index contributed by atoms with van der Waals surface area (Å²) in [4.78, 5) is 66.4. The number of carboxylic acid groups (broad SMARTS) is 2. The van der Waals surface area contributed by atoms with Crippen molar-refractivity contribution in [1.29, 1.82) is 0 Å². The van der Waals surface area contributed by atoms with Crippen molar-refractivity contribution < 1.29 is 53.8 Å². The number of fused-ring (bicyclic) bond motifs is 1. The highest BCUT2D eigenvalue weighted by molar-refractivity contribution is 6.39. The van der Waals surface area contributed by atoms with E-state index < -0.39 is 47.7 Å². The van der Waals surface area contributed by atoms with E-state index in [0.29, 0.717) is 75.2 Å². The third-order valence-electron chi connectivity index (χ3n) is 12.4. The van der Waals surface area contributed by atoms with E-state index in [1.807, 2.05) is 57.9 Å². The second-order valence-electron chi connectivity index (χ2n) is 16.3. The summed E-state index contributed by atoms with van der Waals surface area (Å²) in [6.07, 6.45) is 6.15. The summed E-state index contributed by atoms with van der Waals surface area (Å²) in [7, 11) is 1.34. The molecule has 2 aromatic heterocycles. The van der Waals surface area contributed by atoms with E-state index in [0.717, 1.165) is 11.4 Å². The number of phenols is 1. The largest absolute Gasteiger partial charge is 0.504 e. The number of pyridine rings is 2. The smallest absolute Gasteiger partial charge is 0.303 e. The number of carbonyl (C=O) groups is 3. The van der Waals surface area contributed by atoms with Crippen molar-refractivity contribution in [2.75, 3.05) is 17.7 Å². The van der Waals surface area contributed by atoms with Crippen LogP contribution in [-0.2, 0) is 53.8 Å². The van der Waals surface area contributed by atoms with Crippen LogP contribution in [0.2, 0.25) is 0 Å². The number of benzene rings is 5. The van der Waals surface area contributed by atoms with Crippen molar-refractivity contribution in [3.05, 3.63) is 121 Å². The Bertz CT molecular complexity index is 3200. The molecule has 8 rings (SSSR count). The quantitative estimate of drug-likeness (QED) is 0.0334. The van der Waals surface area contributed by atoms with E-state index in [9.17, 15) is 44.7 Å². The molecular weight excluding hydrogens is 821 g/mol. The number of nitrogens with one attached hydrogen (secondary N) is 2. The number of aliphatic hydroxyl groups excluding tert-OH is 2. The topological polar surface area (TPSA) is 228 Å². The Kier molecular flexibility index (Phi) is 11.9. The van der Waals surface area contributed by atoms with E-state index in [-0.39, 0.29) is 70.4 Å². The number of aromatic hydroxyl groups is 1. The molecule has 0 radical (unpaired) electrons. The van der Waals surface area contributed by atoms with E-state index in [2.05, 4.69) is 10.6 Å². The molecule has 0 saturated carbocycles. The van der Waals surface area contributed by atoms with Gasteiger partial charge in [-0.25, -0.2) is 9.13 Å². The zero-order chi connectivity index (χ0) is 45.6. The number of hydrogen-bond acceptors (Lipinski definition) is 11. The van der Waals surface area contributed by atoms with Gasteiger partial charge in [0.05, 0.1) is 55.5 Å². The molecule has 0 bridgehead atoms. The minimum atomic E-state index is -1.01. The minimum Gasteiger partial charge on any atom is -0.504 e. The van der Waals surface area contributed by atoms with Gasteiger partial charge in [-0.05, 0) is 53.3 Å². The Balaban J connectivity index is 1.50. The molecule has 0 amide bonds. The molecule has 0 saturated heterocycles. The lowest BCUT2D eigenvalue weighted by molar-refractivity contribution is -0.704. The van der Waals surface area contributed by atoms with Gasteiger partial charge in [-0.3, -0.25) is 24.0 Å². The van der Waals surface area contributed by atoms with Gasteiger partial charge in [0.25, 0.3) is 0 Å². The van der Waals surface area contributed by atoms with E-state index >= 15 is 4.79 Å². The molecule has 15 nitrogen and oxygen atoms in total. The first-order valence-electron chi connectivity index (χ1n) is 21.0. The van der Waals surface area contributed by atoms with Crippen molar-refractivity contribution in [3.63, 3.8) is 0 Å². The molecule has 15 heteroatoms. The lowest BCUT2D eigenvalue weighted by atomic mass is 9.79. The second kappa shape index (κ2) is 17.5. The number of ether oxygens (including phenoxy) is 1. The monoisotopic (exact) mass is 868 g/mol. The Morgan fingerprint density at radius 2 is 1.30 bits per heavy atom. The average molecular weight is 869 g/mol. The maximum Gasteiger partial charge on any atom is 0.303 e. The van der Waals surface area contributed by atoms with E-state index in [1.54, 1.807) is 19.1 Å². The number of aryl methyl sites for hydroxylation is 2. The Morgan fingerprint density at radius 3 is 1.84 bits per heavy atom. The molecule has 64 heavy (non-hydrogen) atoms. The Hall–Kier alpha value is -7.23. The van der Waals surface area contributed by atoms with Gasteiger partial charge in [-0.2, -0.15) is 0 Å². The molecule has 1 aliphatic carbocycles. The van der Waals surface area contributed by atoms with Gasteiger partial charge in [0.2, 0.25) is 16.8 Å². The van der Waals surface area contributed by atoms with Gasteiger partial charge < -0.3 is 40.9 Å². The molecule has 7 N–H and O–H groups in total. The summed E-state index contributed by atoms with van der Waals surface area (Å²) in [6, 6.07) is 14.0. The predicted molar refractivity (Wildman–Crippen MR) is 240 cm³/mol. The number of hydrogen-bond donors (Lipinski definition) is 7. The van der Waals surface area contributed by atoms with Gasteiger partial charge in [-0.1, -0.05) is 23.8 Å². The van der Waals surface area contributed by atoms with Gasteiger partial charge in [-0.15, -0.1) is 0 Å². The second-order valence-corrected chi connectivity index (χ2v) is 16.3. The lowest BCUT2D eigenvalue weighted by Gasteiger charge is -2.26. The molecule has 7 aromatic rings. The SMILES string of the molecule is COc1c(O)c2c(=O)cc(CO)c3c4c(CO)cc(NCc5cccc[n+]5CCCC(=O)O)c5c(=O)c(NCc6cccc[n+]6CCCC(=O)O)c6c(c(c1C(C(C)=O)C(C)=C6)c23)c54. The highest BCUT2D eigenvalue weighted by Gasteiger charge is 2.37. The van der Waals surface area contributed by atoms with Crippen LogP contribution in [0.4, 0.5) is 11.4 Å². The lowest BCUT2D eigenvalue weighted by Crippen LogP contribution is -2.39. The Morgan fingerprint density at radius 1 is 0.734 bits per heavy atom. The number of phenolic OH excluding ortho intramolecular Hbond substituents is 1. The molecule has 1 aliphatic rings. The fourth-order valence-corrected chi connectivity index (χ4v) is 9.71. The summed E-state index contributed by atoms with van der Waals surface area (Å²) in [5.74, 6) is -3.69. The Labute approximate surface area is 365 Å². The van der Waals surface area contributed by atoms with Crippen molar-refractivity contribution in [1.82, 2.24) is 0 Å². The van der Waals surface area contributed by atoms with Crippen molar-refractivity contribution in [3.8, 4) is 11.5 Å². The first kappa shape index (κ1) is 43.4. The highest BCUT2D eigenvalue weighted by atomic mass is 16.5. The van der Waals surface area contributed by atoms with E-state index in [1.165, 1.54) is 20.1 Å². The first-order valence-corrected chi connectivity index (χ1v) is 21.0. The van der Waals surface area contributed by atoms with Crippen LogP contribution in [0.15, 0.2) is 76.1 Å². The van der Waals surface area contributed by atoms with Gasteiger partial charge in [0, 0.05) is 70.1 Å². The summed E-state index contributed by atoms with van der Waals surface area (Å²) in [5, 5.41) is 61.9. The van der Waals surface area contributed by atoms with Crippen LogP contribution >= 0.6 is 0 Å². The fourth-order valence-electron chi connectivity index (χ4n) is 9.71. The van der Waals surface area contributed by atoms with Crippen LogP contribution in [-0.4, -0.2) is 50.4 Å². The van der Waals surface area contributed by atoms with Gasteiger partial charge >= 0.3 is 11.9 Å². The van der Waals surface area contributed by atoms with Crippen LogP contribution < -0.4 is 35.4 Å². The number of aromatic nitrogens is 2. The molecule has 2 heterocycles. The number of anilines is 2. The van der Waals surface area contributed by atoms with Crippen LogP contribution in [0.25, 0.3) is 49.2 Å². The molecule has 1 unspecified atom stereocenters. The maximum absolute atomic E-state index is 15.6. The van der Waals surface area contributed by atoms with Gasteiger partial charge in [0.15, 0.2) is 29.3 Å². The summed E-state index contributed by atoms with van der Waals surface area (Å²) in [6.45, 7) is 3.16. The molecular formula is C49H48N4O11+2. The third-order valence-corrected chi connectivity index (χ3v) is 12.4. The summed E-state index contributed by atoms with van der Waals surface area (Å²) >= 11 is 0. The molecule has 0 aliphatic heterocycles. The standard InChI is InChI=1S/C49H46N4O11/c1-25-18-31-39-42-37(38-28(24-55)20-33(57)41-43(38)44(39)45(36(25)26(2)56)49(64-3)48(41)63)27(23-54)19-32(50-21-29-10-4-6-14-52(29)16-8-12-34(58)59)40(42)47(62)46(31)51-22-30-11-5-7-15-53(30)17-9-13-35(60)61/h4-7,10-11,14-15,18-20,36,54-55H,8-9,12-13,16-17,21-24H2,1-3H3,(H3-2,50,51,57,58,59,60,61,62,63)/p+2. The zero-order valence-electron chi connectivity index (χ0n) is 35.6. The van der Waals surface area contributed by atoms with Crippen LogP contribution in [0, 0.1) is 0 Å². The van der Waals surface area contributed by atoms with Crippen molar-refractivity contribution in [2.24, 2.45) is 0 Å². The predicted octanol–water partition coefficient (Wildman–Crippen LogP) is 5.21. The molecule has 0 fully saturated rings. The first-order chi connectivity index (χ1) is 30.8. The number of aliphatic hydroxyl groups is 2. The number of carboxylic acids is 2. The third kappa shape index (κ3) is 7.35. The normalized spacial score (nSPS) is 13.5.